The normalized spacial score (nSPS) is 16.9. The van der Waals surface area contributed by atoms with Crippen molar-refractivity contribution >= 4 is 35.2 Å². The Morgan fingerprint density at radius 2 is 1.60 bits per heavy atom. The van der Waals surface area contributed by atoms with Crippen LogP contribution in [0.3, 0.4) is 0 Å². The zero-order valence-electron chi connectivity index (χ0n) is 20.7. The molecule has 184 valence electrons. The molecule has 2 aromatic rings. The number of hydrogen-bond acceptors (Lipinski definition) is 6. The van der Waals surface area contributed by atoms with E-state index in [1.165, 1.54) is 23.1 Å². The van der Waals surface area contributed by atoms with Crippen molar-refractivity contribution in [2.45, 2.75) is 69.9 Å². The Labute approximate surface area is 211 Å². The SMILES string of the molecule is Cc1ccc(SC2=C(N(C)C3CCCCC3)C(=O)N(c3ccc(C(=O)OC(C)C)cc3)C2=O)cc1. The van der Waals surface area contributed by atoms with Crippen LogP contribution in [-0.2, 0) is 14.3 Å². The van der Waals surface area contributed by atoms with Gasteiger partial charge in [-0.1, -0.05) is 48.7 Å². The number of carbonyl (C=O) groups excluding carboxylic acids is 3. The first-order chi connectivity index (χ1) is 16.8. The van der Waals surface area contributed by atoms with Gasteiger partial charge in [0.1, 0.15) is 10.6 Å². The number of aryl methyl sites for hydroxylation is 1. The second-order valence-electron chi connectivity index (χ2n) is 9.44. The number of ether oxygens (including phenoxy) is 1. The van der Waals surface area contributed by atoms with Gasteiger partial charge >= 0.3 is 5.97 Å². The molecular formula is C28H32N2O4S. The Morgan fingerprint density at radius 3 is 2.20 bits per heavy atom. The van der Waals surface area contributed by atoms with Crippen molar-refractivity contribution in [1.29, 1.82) is 0 Å². The van der Waals surface area contributed by atoms with E-state index in [4.69, 9.17) is 4.74 Å². The van der Waals surface area contributed by atoms with Gasteiger partial charge in [0.05, 0.1) is 17.4 Å². The maximum absolute atomic E-state index is 13.7. The highest BCUT2D eigenvalue weighted by Crippen LogP contribution is 2.40. The lowest BCUT2D eigenvalue weighted by molar-refractivity contribution is -0.121. The number of benzene rings is 2. The highest BCUT2D eigenvalue weighted by Gasteiger charge is 2.43. The summed E-state index contributed by atoms with van der Waals surface area (Å²) in [6.45, 7) is 5.59. The third-order valence-electron chi connectivity index (χ3n) is 6.44. The summed E-state index contributed by atoms with van der Waals surface area (Å²) in [6.07, 6.45) is 5.25. The summed E-state index contributed by atoms with van der Waals surface area (Å²) >= 11 is 1.34. The van der Waals surface area contributed by atoms with Gasteiger partial charge in [0.2, 0.25) is 0 Å². The molecule has 1 fully saturated rings. The number of carbonyl (C=O) groups is 3. The number of esters is 1. The lowest BCUT2D eigenvalue weighted by Gasteiger charge is -2.33. The molecular weight excluding hydrogens is 460 g/mol. The molecule has 35 heavy (non-hydrogen) atoms. The van der Waals surface area contributed by atoms with Gasteiger partial charge in [-0.3, -0.25) is 9.59 Å². The van der Waals surface area contributed by atoms with Gasteiger partial charge in [0.25, 0.3) is 11.8 Å². The Morgan fingerprint density at radius 1 is 0.971 bits per heavy atom. The Hall–Kier alpha value is -3.06. The fourth-order valence-corrected chi connectivity index (χ4v) is 5.55. The molecule has 0 aromatic heterocycles. The molecule has 2 aromatic carbocycles. The highest BCUT2D eigenvalue weighted by molar-refractivity contribution is 8.04. The first-order valence-corrected chi connectivity index (χ1v) is 13.0. The topological polar surface area (TPSA) is 66.9 Å². The number of rotatable bonds is 7. The predicted molar refractivity (Wildman–Crippen MR) is 138 cm³/mol. The van der Waals surface area contributed by atoms with Crippen LogP contribution in [0.15, 0.2) is 64.0 Å². The van der Waals surface area contributed by atoms with E-state index >= 15 is 0 Å². The van der Waals surface area contributed by atoms with Crippen LogP contribution in [0, 0.1) is 6.92 Å². The molecule has 1 heterocycles. The number of hydrogen-bond donors (Lipinski definition) is 0. The van der Waals surface area contributed by atoms with E-state index in [9.17, 15) is 14.4 Å². The first kappa shape index (κ1) is 25.0. The standard InChI is InChI=1S/C28H32N2O4S/c1-18(2)34-28(33)20-12-14-22(15-13-20)30-26(31)24(29(4)21-8-6-5-7-9-21)25(27(30)32)35-23-16-10-19(3)11-17-23/h10-18,21H,5-9H2,1-4H3. The van der Waals surface area contributed by atoms with Crippen LogP contribution < -0.4 is 4.90 Å². The second-order valence-corrected chi connectivity index (χ2v) is 10.5. The monoisotopic (exact) mass is 492 g/mol. The van der Waals surface area contributed by atoms with Crippen molar-refractivity contribution in [2.24, 2.45) is 0 Å². The highest BCUT2D eigenvalue weighted by atomic mass is 32.2. The van der Waals surface area contributed by atoms with Gasteiger partial charge in [-0.05, 0) is 70.0 Å². The maximum atomic E-state index is 13.7. The number of imide groups is 1. The summed E-state index contributed by atoms with van der Waals surface area (Å²) in [5.74, 6) is -1.09. The minimum Gasteiger partial charge on any atom is -0.459 e. The molecule has 2 aliphatic rings. The molecule has 6 nitrogen and oxygen atoms in total. The van der Waals surface area contributed by atoms with Crippen LogP contribution in [0.2, 0.25) is 0 Å². The number of anilines is 1. The molecule has 0 N–H and O–H groups in total. The summed E-state index contributed by atoms with van der Waals surface area (Å²) in [4.78, 5) is 44.2. The van der Waals surface area contributed by atoms with E-state index in [2.05, 4.69) is 0 Å². The van der Waals surface area contributed by atoms with E-state index in [0.717, 1.165) is 36.1 Å². The average molecular weight is 493 g/mol. The van der Waals surface area contributed by atoms with Crippen LogP contribution in [0.4, 0.5) is 5.69 Å². The second kappa shape index (κ2) is 10.7. The van der Waals surface area contributed by atoms with E-state index in [1.807, 2.05) is 43.1 Å². The maximum Gasteiger partial charge on any atom is 0.338 e. The molecule has 1 aliphatic heterocycles. The predicted octanol–water partition coefficient (Wildman–Crippen LogP) is 5.70. The molecule has 7 heteroatoms. The van der Waals surface area contributed by atoms with Crippen molar-refractivity contribution in [3.05, 3.63) is 70.3 Å². The van der Waals surface area contributed by atoms with Crippen molar-refractivity contribution in [3.63, 3.8) is 0 Å². The lowest BCUT2D eigenvalue weighted by atomic mass is 9.94. The fraction of sp³-hybridized carbons (Fsp3) is 0.393. The number of nitrogens with zero attached hydrogens (tertiary/aromatic N) is 2. The van der Waals surface area contributed by atoms with Gasteiger partial charge in [-0.15, -0.1) is 0 Å². The minimum absolute atomic E-state index is 0.229. The van der Waals surface area contributed by atoms with E-state index in [0.29, 0.717) is 21.9 Å². The molecule has 4 rings (SSSR count). The van der Waals surface area contributed by atoms with Crippen molar-refractivity contribution in [3.8, 4) is 0 Å². The molecule has 0 unspecified atom stereocenters. The summed E-state index contributed by atoms with van der Waals surface area (Å²) < 4.78 is 5.25. The third kappa shape index (κ3) is 5.45. The minimum atomic E-state index is -0.433. The third-order valence-corrected chi connectivity index (χ3v) is 7.52. The smallest absolute Gasteiger partial charge is 0.338 e. The zero-order chi connectivity index (χ0) is 25.1. The Bertz CT molecular complexity index is 1130. The van der Waals surface area contributed by atoms with Gasteiger partial charge in [-0.25, -0.2) is 9.69 Å². The Balaban J connectivity index is 1.66. The largest absolute Gasteiger partial charge is 0.459 e. The number of amides is 2. The number of likely N-dealkylation sites (N-methyl/N-ethyl adjacent to an activating group) is 1. The van der Waals surface area contributed by atoms with Crippen LogP contribution >= 0.6 is 11.8 Å². The fourth-order valence-electron chi connectivity index (χ4n) is 4.54. The van der Waals surface area contributed by atoms with E-state index in [1.54, 1.807) is 38.1 Å². The summed E-state index contributed by atoms with van der Waals surface area (Å²) in [7, 11) is 1.93. The molecule has 0 spiro atoms. The van der Waals surface area contributed by atoms with Crippen LogP contribution in [-0.4, -0.2) is 41.9 Å². The van der Waals surface area contributed by atoms with E-state index in [-0.39, 0.29) is 24.0 Å². The van der Waals surface area contributed by atoms with Gasteiger partial charge in [-0.2, -0.15) is 0 Å². The van der Waals surface area contributed by atoms with Crippen molar-refractivity contribution in [2.75, 3.05) is 11.9 Å². The average Bonchev–Trinajstić information content (AvgIpc) is 3.09. The molecule has 0 atom stereocenters. The Kier molecular flexibility index (Phi) is 7.65. The van der Waals surface area contributed by atoms with Gasteiger partial charge < -0.3 is 9.64 Å². The molecule has 0 bridgehead atoms. The summed E-state index contributed by atoms with van der Waals surface area (Å²) in [5.41, 5.74) is 2.41. The van der Waals surface area contributed by atoms with Crippen LogP contribution in [0.25, 0.3) is 0 Å². The summed E-state index contributed by atoms with van der Waals surface area (Å²) in [5, 5.41) is 0. The van der Waals surface area contributed by atoms with E-state index < -0.39 is 5.97 Å². The summed E-state index contributed by atoms with van der Waals surface area (Å²) in [6, 6.07) is 14.6. The van der Waals surface area contributed by atoms with Crippen LogP contribution in [0.5, 0.6) is 0 Å². The van der Waals surface area contributed by atoms with Crippen LogP contribution in [0.1, 0.15) is 61.9 Å². The zero-order valence-corrected chi connectivity index (χ0v) is 21.6. The molecule has 0 saturated heterocycles. The van der Waals surface area contributed by atoms with Crippen molar-refractivity contribution < 1.29 is 19.1 Å². The van der Waals surface area contributed by atoms with Gasteiger partial charge in [0.15, 0.2) is 0 Å². The first-order valence-electron chi connectivity index (χ1n) is 12.2. The van der Waals surface area contributed by atoms with Gasteiger partial charge in [0, 0.05) is 18.0 Å². The molecule has 1 saturated carbocycles. The lowest BCUT2D eigenvalue weighted by Crippen LogP contribution is -2.38. The van der Waals surface area contributed by atoms with Crippen molar-refractivity contribution in [1.82, 2.24) is 4.90 Å². The molecule has 0 radical (unpaired) electrons. The molecule has 1 aliphatic carbocycles. The quantitative estimate of drug-likeness (QED) is 0.365. The molecule has 2 amide bonds. The number of thioether (sulfide) groups is 1.